The van der Waals surface area contributed by atoms with E-state index in [0.29, 0.717) is 83.8 Å². The van der Waals surface area contributed by atoms with E-state index >= 15 is 0 Å². The minimum absolute atomic E-state index is 0. The summed E-state index contributed by atoms with van der Waals surface area (Å²) in [6.07, 6.45) is 5.63. The number of hydrogen-bond donors (Lipinski definition) is 8. The number of carbonyl (C=O) groups is 9. The molecule has 2 aliphatic heterocycles. The van der Waals surface area contributed by atoms with Crippen molar-refractivity contribution in [3.05, 3.63) is 35.9 Å². The molecule has 2 saturated heterocycles. The van der Waals surface area contributed by atoms with Crippen molar-refractivity contribution in [1.29, 1.82) is 0 Å². The molecule has 476 valence electrons. The van der Waals surface area contributed by atoms with Crippen LogP contribution >= 0.6 is 0 Å². The number of nitrogens with zero attached hydrogens (tertiary/aromatic N) is 5. The molecule has 85 heavy (non-hydrogen) atoms. The molecule has 0 aromatic heterocycles. The molecule has 2 aliphatic rings. The van der Waals surface area contributed by atoms with Crippen molar-refractivity contribution in [1.82, 2.24) is 45.8 Å². The van der Waals surface area contributed by atoms with Crippen LogP contribution in [-0.4, -0.2) is 243 Å². The number of amides is 4. The summed E-state index contributed by atoms with van der Waals surface area (Å²) in [5.74, 6) is -7.98. The minimum atomic E-state index is -1.37. The Bertz CT molecular complexity index is 2190. The quantitative estimate of drug-likeness (QED) is 0.0233. The van der Waals surface area contributed by atoms with Crippen LogP contribution < -0.4 is 53.8 Å². The maximum Gasteiger partial charge on any atom is 3.00 e. The number of unbranched alkanes of at least 4 members (excludes halogenated alkanes) is 2. The van der Waals surface area contributed by atoms with Gasteiger partial charge in [0, 0.05) is 110 Å². The SMILES string of the molecule is CC[C@H](C)[C@H](NC(=O)[C@@H](N)CC(C)C)C(=O)C[C@@H](CCCCN)C(=O)N[C@@H](CCCCN)C(=O)N1CCC[C@H]1C(C)NC(Cc1ccccc1)C(=O)NCCCC(C(=O)O)N1CCN(CC(=O)[O-])CCN(CC(=O)[O-])CCN(CC(=O)[O-])CC1.[Ga+3]. The fraction of sp³-hybridized carbons (Fsp3) is 0.746. The predicted molar refractivity (Wildman–Crippen MR) is 316 cm³/mol. The molecule has 0 spiro atoms. The Balaban J connectivity index is 0.0000247. The van der Waals surface area contributed by atoms with Gasteiger partial charge in [-0.25, -0.2) is 0 Å². The third-order valence-electron chi connectivity index (χ3n) is 16.1. The summed E-state index contributed by atoms with van der Waals surface area (Å²) in [7, 11) is 0. The smallest absolute Gasteiger partial charge is 0.549 e. The summed E-state index contributed by atoms with van der Waals surface area (Å²) in [4.78, 5) is 127. The number of nitrogens with two attached hydrogens (primary N) is 3. The zero-order valence-corrected chi connectivity index (χ0v) is 53.5. The zero-order valence-electron chi connectivity index (χ0n) is 51.1. The summed E-state index contributed by atoms with van der Waals surface area (Å²) in [6, 6.07) is 4.02. The van der Waals surface area contributed by atoms with Gasteiger partial charge in [0.2, 0.25) is 23.6 Å². The van der Waals surface area contributed by atoms with Crippen LogP contribution in [0.25, 0.3) is 0 Å². The number of nitrogens with one attached hydrogen (secondary N) is 4. The number of carboxylic acids is 4. The van der Waals surface area contributed by atoms with Crippen molar-refractivity contribution in [2.45, 2.75) is 167 Å². The van der Waals surface area contributed by atoms with Crippen LogP contribution in [0.15, 0.2) is 30.3 Å². The number of carboxylic acid groups (broad SMARTS) is 4. The molecule has 4 amide bonds. The average molecular weight is 1250 g/mol. The summed E-state index contributed by atoms with van der Waals surface area (Å²) in [6.45, 7) is 10.1. The first kappa shape index (κ1) is 76.1. The molecular weight excluding hydrogens is 1150 g/mol. The molecular formula is C59H99GaN12O13. The Morgan fingerprint density at radius 2 is 1.21 bits per heavy atom. The van der Waals surface area contributed by atoms with Gasteiger partial charge in [0.15, 0.2) is 5.78 Å². The maximum absolute atomic E-state index is 14.9. The average Bonchev–Trinajstić information content (AvgIpc) is 4.18. The largest absolute Gasteiger partial charge is 3.00 e. The molecule has 0 bridgehead atoms. The van der Waals surface area contributed by atoms with Crippen molar-refractivity contribution < 1.29 is 63.6 Å². The first-order chi connectivity index (χ1) is 40.0. The summed E-state index contributed by atoms with van der Waals surface area (Å²) < 4.78 is 0. The number of benzene rings is 1. The van der Waals surface area contributed by atoms with Crippen molar-refractivity contribution in [3.8, 4) is 0 Å². The number of rotatable bonds is 38. The van der Waals surface area contributed by atoms with Gasteiger partial charge in [-0.2, -0.15) is 0 Å². The van der Waals surface area contributed by atoms with Crippen molar-refractivity contribution in [3.63, 3.8) is 0 Å². The number of Topliss-reactive ketones (excluding diaryl/α,β-unsaturated/α-hetero) is 1. The van der Waals surface area contributed by atoms with Crippen LogP contribution in [0.1, 0.15) is 124 Å². The molecule has 25 nitrogen and oxygen atoms in total. The number of aliphatic carboxylic acids is 4. The van der Waals surface area contributed by atoms with Gasteiger partial charge in [-0.1, -0.05) is 70.9 Å². The van der Waals surface area contributed by atoms with E-state index in [-0.39, 0.29) is 140 Å². The third-order valence-corrected chi connectivity index (χ3v) is 16.1. The molecule has 3 unspecified atom stereocenters. The van der Waals surface area contributed by atoms with Crippen LogP contribution in [0.2, 0.25) is 0 Å². The van der Waals surface area contributed by atoms with E-state index in [2.05, 4.69) is 21.3 Å². The molecule has 1 aromatic rings. The molecule has 11 N–H and O–H groups in total. The maximum atomic E-state index is 14.9. The molecule has 0 saturated carbocycles. The Hall–Kier alpha value is -5.03. The van der Waals surface area contributed by atoms with Gasteiger partial charge in [-0.15, -0.1) is 0 Å². The summed E-state index contributed by atoms with van der Waals surface area (Å²) in [5.41, 5.74) is 18.8. The standard InChI is InChI=1S/C59H102N12O13.Ga/c1-6-41(4)54(66-56(80)45(62)34-40(2)3)50(72)36-44(18-10-12-22-60)55(79)65-46(19-11-13-23-61)58(82)71-25-15-21-48(71)42(5)64-47(35-43-16-8-7-9-17-43)57(81)63-24-14-20-49(59(83)84)70-32-30-68(38-52(75)76)28-26-67(37-51(73)74)27-29-69(31-33-70)39-53(77)78;/h7-9,16-17,40-42,44-49,54,64H,6,10-15,18-39,60-62H2,1-5H3,(H,63,81)(H,65,79)(H,66,80)(H,73,74)(H,75,76)(H,77,78)(H,83,84);/q;+3/p-3/t41-,42?,44+,45-,46-,47?,48-,49?,54-;/m0./s1. The van der Waals surface area contributed by atoms with Gasteiger partial charge in [0.25, 0.3) is 0 Å². The van der Waals surface area contributed by atoms with Gasteiger partial charge in [0.05, 0.1) is 36.0 Å². The Morgan fingerprint density at radius 3 is 1.72 bits per heavy atom. The normalized spacial score (nSPS) is 18.9. The zero-order chi connectivity index (χ0) is 62.3. The van der Waals surface area contributed by atoms with Crippen LogP contribution in [0.3, 0.4) is 0 Å². The Labute approximate surface area is 516 Å². The van der Waals surface area contributed by atoms with E-state index in [9.17, 15) is 63.6 Å². The molecule has 0 radical (unpaired) electrons. The molecule has 9 atom stereocenters. The van der Waals surface area contributed by atoms with Crippen LogP contribution in [0, 0.1) is 17.8 Å². The Kier molecular flexibility index (Phi) is 36.9. The molecule has 3 rings (SSSR count). The first-order valence-corrected chi connectivity index (χ1v) is 30.4. The van der Waals surface area contributed by atoms with Gasteiger partial charge in [0.1, 0.15) is 12.1 Å². The van der Waals surface area contributed by atoms with E-state index in [4.69, 9.17) is 17.2 Å². The van der Waals surface area contributed by atoms with E-state index in [0.717, 1.165) is 5.56 Å². The summed E-state index contributed by atoms with van der Waals surface area (Å²) >= 11 is 0. The fourth-order valence-corrected chi connectivity index (χ4v) is 11.2. The van der Waals surface area contributed by atoms with Crippen molar-refractivity contribution in [2.24, 2.45) is 35.0 Å². The first-order valence-electron chi connectivity index (χ1n) is 30.4. The van der Waals surface area contributed by atoms with E-state index in [1.807, 2.05) is 65.0 Å². The van der Waals surface area contributed by atoms with Gasteiger partial charge < -0.3 is 78.2 Å². The molecule has 26 heteroatoms. The second kappa shape index (κ2) is 41.2. The van der Waals surface area contributed by atoms with Crippen molar-refractivity contribution in [2.75, 3.05) is 98.2 Å². The number of ketones is 1. The summed E-state index contributed by atoms with van der Waals surface area (Å²) in [5, 5.41) is 58.0. The number of hydrogen-bond acceptors (Lipinski definition) is 20. The molecule has 1 aromatic carbocycles. The van der Waals surface area contributed by atoms with E-state index in [1.165, 1.54) is 14.7 Å². The third kappa shape index (κ3) is 28.6. The van der Waals surface area contributed by atoms with Crippen LogP contribution in [0.5, 0.6) is 0 Å². The van der Waals surface area contributed by atoms with Crippen LogP contribution in [0.4, 0.5) is 0 Å². The minimum Gasteiger partial charge on any atom is -0.549 e. The Morgan fingerprint density at radius 1 is 0.671 bits per heavy atom. The molecule has 2 fully saturated rings. The van der Waals surface area contributed by atoms with E-state index in [1.54, 1.807) is 9.80 Å². The van der Waals surface area contributed by atoms with Gasteiger partial charge >= 0.3 is 25.8 Å². The van der Waals surface area contributed by atoms with Crippen molar-refractivity contribution >= 4 is 73.1 Å². The van der Waals surface area contributed by atoms with Gasteiger partial charge in [-0.05, 0) is 108 Å². The second-order valence-corrected chi connectivity index (χ2v) is 23.3. The molecule has 2 heterocycles. The predicted octanol–water partition coefficient (Wildman–Crippen LogP) is -3.77. The second-order valence-electron chi connectivity index (χ2n) is 23.3. The fourth-order valence-electron chi connectivity index (χ4n) is 11.2. The number of likely N-dealkylation sites (tertiary alicyclic amines) is 1. The van der Waals surface area contributed by atoms with Gasteiger partial charge in [-0.3, -0.25) is 48.4 Å². The monoisotopic (exact) mass is 1250 g/mol. The van der Waals surface area contributed by atoms with E-state index < -0.39 is 97.5 Å². The van der Waals surface area contributed by atoms with Crippen LogP contribution in [-0.2, 0) is 49.6 Å². The number of carbonyl (C=O) groups excluding carboxylic acids is 8. The topological polar surface area (TPSA) is 385 Å². The molecule has 0 aliphatic carbocycles.